The van der Waals surface area contributed by atoms with Crippen molar-refractivity contribution in [2.24, 2.45) is 0 Å². The first-order valence-electron chi connectivity index (χ1n) is 6.80. The van der Waals surface area contributed by atoms with E-state index in [9.17, 15) is 14.9 Å². The van der Waals surface area contributed by atoms with Crippen molar-refractivity contribution in [2.75, 3.05) is 12.4 Å². The molecule has 0 radical (unpaired) electrons. The molecule has 0 unspecified atom stereocenters. The van der Waals surface area contributed by atoms with Crippen LogP contribution in [-0.4, -0.2) is 35.4 Å². The van der Waals surface area contributed by atoms with E-state index >= 15 is 0 Å². The Morgan fingerprint density at radius 2 is 2.14 bits per heavy atom. The number of carbonyl (C=O) groups is 2. The molecule has 0 N–H and O–H groups in total. The molecule has 0 bridgehead atoms. The number of ether oxygens (including phenoxy) is 2. The van der Waals surface area contributed by atoms with Crippen LogP contribution in [0.25, 0.3) is 0 Å². The van der Waals surface area contributed by atoms with Crippen molar-refractivity contribution in [2.45, 2.75) is 38.8 Å². The van der Waals surface area contributed by atoms with Crippen LogP contribution in [0, 0.1) is 18.3 Å². The molecule has 7 heteroatoms. The average molecular weight is 322 g/mol. The first-order chi connectivity index (χ1) is 10.4. The molecule has 0 atom stereocenters. The van der Waals surface area contributed by atoms with Crippen LogP contribution in [0.4, 0.5) is 0 Å². The Morgan fingerprint density at radius 3 is 2.68 bits per heavy atom. The van der Waals surface area contributed by atoms with Crippen molar-refractivity contribution >= 4 is 23.7 Å². The molecule has 1 heterocycles. The minimum absolute atomic E-state index is 0.0536. The summed E-state index contributed by atoms with van der Waals surface area (Å²) in [7, 11) is 0. The van der Waals surface area contributed by atoms with Gasteiger partial charge >= 0.3 is 11.9 Å². The maximum Gasteiger partial charge on any atom is 0.340 e. The molecular weight excluding hydrogens is 304 g/mol. The van der Waals surface area contributed by atoms with Crippen LogP contribution in [-0.2, 0) is 14.3 Å². The van der Waals surface area contributed by atoms with Gasteiger partial charge in [0.1, 0.15) is 11.1 Å². The fraction of sp³-hybridized carbons (Fsp3) is 0.467. The number of aryl methyl sites for hydroxylation is 1. The molecular formula is C15H18N2O4S. The van der Waals surface area contributed by atoms with Gasteiger partial charge in [0.05, 0.1) is 35.3 Å². The number of hydrogen-bond acceptors (Lipinski definition) is 7. The quantitative estimate of drug-likeness (QED) is 0.587. The summed E-state index contributed by atoms with van der Waals surface area (Å²) in [6, 6.07) is 3.42. The molecule has 1 aromatic rings. The van der Waals surface area contributed by atoms with E-state index in [2.05, 4.69) is 4.98 Å². The summed E-state index contributed by atoms with van der Waals surface area (Å²) in [5.74, 6) is -0.838. The number of rotatable bonds is 6. The summed E-state index contributed by atoms with van der Waals surface area (Å²) in [5.41, 5.74) is 0.945. The fourth-order valence-electron chi connectivity index (χ4n) is 1.61. The van der Waals surface area contributed by atoms with Crippen molar-refractivity contribution in [3.05, 3.63) is 22.9 Å². The van der Waals surface area contributed by atoms with Crippen LogP contribution in [0.15, 0.2) is 11.1 Å². The van der Waals surface area contributed by atoms with Gasteiger partial charge in [0, 0.05) is 0 Å². The summed E-state index contributed by atoms with van der Waals surface area (Å²) in [5, 5.41) is 9.58. The van der Waals surface area contributed by atoms with Gasteiger partial charge in [-0.2, -0.15) is 5.26 Å². The first kappa shape index (κ1) is 18.0. The summed E-state index contributed by atoms with van der Waals surface area (Å²) >= 11 is 1.11. The summed E-state index contributed by atoms with van der Waals surface area (Å²) in [6.07, 6.45) is -0.190. The van der Waals surface area contributed by atoms with Gasteiger partial charge in [0.2, 0.25) is 0 Å². The number of nitrogens with zero attached hydrogens (tertiary/aromatic N) is 2. The molecule has 6 nitrogen and oxygen atoms in total. The molecule has 22 heavy (non-hydrogen) atoms. The second-order valence-corrected chi connectivity index (χ2v) is 5.60. The highest BCUT2D eigenvalue weighted by Crippen LogP contribution is 2.23. The molecule has 0 spiro atoms. The van der Waals surface area contributed by atoms with E-state index in [0.717, 1.165) is 11.8 Å². The lowest BCUT2D eigenvalue weighted by Crippen LogP contribution is -2.14. The van der Waals surface area contributed by atoms with Crippen molar-refractivity contribution < 1.29 is 19.1 Å². The summed E-state index contributed by atoms with van der Waals surface area (Å²) in [6.45, 7) is 7.14. The number of esters is 2. The van der Waals surface area contributed by atoms with Crippen LogP contribution >= 0.6 is 11.8 Å². The standard InChI is InChI=1S/C15H18N2O4S/c1-5-20-15(19)12-6-11(7-16)14(17-10(12)4)22-8-13(18)21-9(2)3/h6,9H,5,8H2,1-4H3. The van der Waals surface area contributed by atoms with Gasteiger partial charge < -0.3 is 9.47 Å². The average Bonchev–Trinajstić information content (AvgIpc) is 2.44. The highest BCUT2D eigenvalue weighted by atomic mass is 32.2. The van der Waals surface area contributed by atoms with Crippen LogP contribution in [0.1, 0.15) is 42.4 Å². The number of hydrogen-bond donors (Lipinski definition) is 0. The van der Waals surface area contributed by atoms with Crippen molar-refractivity contribution in [1.82, 2.24) is 4.98 Å². The van der Waals surface area contributed by atoms with E-state index in [1.54, 1.807) is 27.7 Å². The van der Waals surface area contributed by atoms with E-state index in [0.29, 0.717) is 10.7 Å². The minimum atomic E-state index is -0.514. The maximum absolute atomic E-state index is 11.8. The lowest BCUT2D eigenvalue weighted by molar-refractivity contribution is -0.144. The van der Waals surface area contributed by atoms with Gasteiger partial charge in [-0.05, 0) is 33.8 Å². The summed E-state index contributed by atoms with van der Waals surface area (Å²) in [4.78, 5) is 27.6. The van der Waals surface area contributed by atoms with Crippen LogP contribution in [0.2, 0.25) is 0 Å². The predicted molar refractivity (Wildman–Crippen MR) is 81.6 cm³/mol. The molecule has 0 saturated heterocycles. The Hall–Kier alpha value is -2.07. The molecule has 0 aliphatic rings. The second kappa shape index (κ2) is 8.39. The van der Waals surface area contributed by atoms with Gasteiger partial charge in [-0.3, -0.25) is 4.79 Å². The highest BCUT2D eigenvalue weighted by Gasteiger charge is 2.17. The number of pyridine rings is 1. The molecule has 0 amide bonds. The van der Waals surface area contributed by atoms with Gasteiger partial charge in [0.25, 0.3) is 0 Å². The van der Waals surface area contributed by atoms with Crippen molar-refractivity contribution in [1.29, 1.82) is 5.26 Å². The van der Waals surface area contributed by atoms with E-state index in [-0.39, 0.29) is 35.6 Å². The number of aromatic nitrogens is 1. The Bertz CT molecular complexity index is 608. The number of nitriles is 1. The zero-order chi connectivity index (χ0) is 16.7. The lowest BCUT2D eigenvalue weighted by Gasteiger charge is -2.10. The van der Waals surface area contributed by atoms with Crippen LogP contribution < -0.4 is 0 Å². The Balaban J connectivity index is 2.93. The van der Waals surface area contributed by atoms with Crippen LogP contribution in [0.5, 0.6) is 0 Å². The van der Waals surface area contributed by atoms with Crippen molar-refractivity contribution in [3.63, 3.8) is 0 Å². The Morgan fingerprint density at radius 1 is 1.45 bits per heavy atom. The molecule has 0 aromatic carbocycles. The fourth-order valence-corrected chi connectivity index (χ4v) is 2.40. The minimum Gasteiger partial charge on any atom is -0.462 e. The van der Waals surface area contributed by atoms with E-state index in [4.69, 9.17) is 9.47 Å². The van der Waals surface area contributed by atoms with Crippen molar-refractivity contribution in [3.8, 4) is 6.07 Å². The predicted octanol–water partition coefficient (Wildman–Crippen LogP) is 2.48. The molecule has 1 aromatic heterocycles. The summed E-state index contributed by atoms with van der Waals surface area (Å²) < 4.78 is 9.95. The Labute approximate surface area is 133 Å². The largest absolute Gasteiger partial charge is 0.462 e. The highest BCUT2D eigenvalue weighted by molar-refractivity contribution is 7.99. The normalized spacial score (nSPS) is 10.2. The smallest absolute Gasteiger partial charge is 0.340 e. The van der Waals surface area contributed by atoms with E-state index < -0.39 is 5.97 Å². The van der Waals surface area contributed by atoms with Gasteiger partial charge in [-0.25, -0.2) is 9.78 Å². The molecule has 0 saturated carbocycles. The molecule has 0 aliphatic heterocycles. The molecule has 0 fully saturated rings. The monoisotopic (exact) mass is 322 g/mol. The second-order valence-electron chi connectivity index (χ2n) is 4.63. The van der Waals surface area contributed by atoms with E-state index in [1.165, 1.54) is 6.07 Å². The first-order valence-corrected chi connectivity index (χ1v) is 7.78. The number of carbonyl (C=O) groups excluding carboxylic acids is 2. The molecule has 0 aliphatic carbocycles. The third-order valence-corrected chi connectivity index (χ3v) is 3.45. The zero-order valence-electron chi connectivity index (χ0n) is 13.0. The maximum atomic E-state index is 11.8. The van der Waals surface area contributed by atoms with Gasteiger partial charge in [-0.1, -0.05) is 11.8 Å². The third-order valence-electron chi connectivity index (χ3n) is 2.49. The zero-order valence-corrected chi connectivity index (χ0v) is 13.8. The lowest BCUT2D eigenvalue weighted by atomic mass is 10.1. The van der Waals surface area contributed by atoms with Gasteiger partial charge in [-0.15, -0.1) is 0 Å². The molecule has 118 valence electrons. The molecule has 1 rings (SSSR count). The SMILES string of the molecule is CCOC(=O)c1cc(C#N)c(SCC(=O)OC(C)C)nc1C. The Kier molecular flexibility index (Phi) is 6.86. The van der Waals surface area contributed by atoms with Crippen LogP contribution in [0.3, 0.4) is 0 Å². The van der Waals surface area contributed by atoms with E-state index in [1.807, 2.05) is 6.07 Å². The number of thioether (sulfide) groups is 1. The van der Waals surface area contributed by atoms with Gasteiger partial charge in [0.15, 0.2) is 0 Å². The third kappa shape index (κ3) is 5.04. The topological polar surface area (TPSA) is 89.3 Å².